The molecule has 2 aromatic carbocycles. The van der Waals surface area contributed by atoms with Crippen LogP contribution < -0.4 is 10.1 Å². The van der Waals surface area contributed by atoms with E-state index in [2.05, 4.69) is 19.2 Å². The van der Waals surface area contributed by atoms with E-state index in [0.29, 0.717) is 11.7 Å². The molecule has 3 rings (SSSR count). The molecule has 0 aromatic heterocycles. The molecule has 1 atom stereocenters. The van der Waals surface area contributed by atoms with E-state index in [1.165, 1.54) is 11.1 Å². The van der Waals surface area contributed by atoms with Crippen LogP contribution in [0.3, 0.4) is 0 Å². The van der Waals surface area contributed by atoms with Gasteiger partial charge in [0.15, 0.2) is 13.2 Å². The molecule has 0 saturated heterocycles. The van der Waals surface area contributed by atoms with Gasteiger partial charge in [-0.15, -0.1) is 0 Å². The third kappa shape index (κ3) is 5.12. The molecule has 0 heterocycles. The van der Waals surface area contributed by atoms with Gasteiger partial charge < -0.3 is 14.8 Å². The van der Waals surface area contributed by atoms with E-state index in [1.807, 2.05) is 42.5 Å². The lowest BCUT2D eigenvalue weighted by Gasteiger charge is -2.15. The Labute approximate surface area is 166 Å². The van der Waals surface area contributed by atoms with Gasteiger partial charge in [0.25, 0.3) is 5.91 Å². The summed E-state index contributed by atoms with van der Waals surface area (Å²) in [4.78, 5) is 24.1. The molecule has 2 aromatic rings. The summed E-state index contributed by atoms with van der Waals surface area (Å²) in [6, 6.07) is 13.6. The second-order valence-electron chi connectivity index (χ2n) is 7.18. The maximum absolute atomic E-state index is 12.2. The van der Waals surface area contributed by atoms with Crippen LogP contribution in [0.15, 0.2) is 42.5 Å². The van der Waals surface area contributed by atoms with Gasteiger partial charge in [-0.05, 0) is 66.5 Å². The van der Waals surface area contributed by atoms with Crippen LogP contribution in [-0.2, 0) is 27.2 Å². The number of fused-ring (bicyclic) bond motifs is 1. The number of hydrogen-bond acceptors (Lipinski definition) is 4. The monoisotopic (exact) mass is 381 g/mol. The minimum Gasteiger partial charge on any atom is -0.482 e. The van der Waals surface area contributed by atoms with E-state index in [4.69, 9.17) is 9.47 Å². The number of rotatable bonds is 8. The van der Waals surface area contributed by atoms with Gasteiger partial charge >= 0.3 is 5.97 Å². The van der Waals surface area contributed by atoms with Gasteiger partial charge in [-0.2, -0.15) is 0 Å². The van der Waals surface area contributed by atoms with Gasteiger partial charge in [0.05, 0.1) is 0 Å². The van der Waals surface area contributed by atoms with Gasteiger partial charge in [-0.25, -0.2) is 4.79 Å². The fraction of sp³-hybridized carbons (Fsp3) is 0.391. The van der Waals surface area contributed by atoms with Crippen molar-refractivity contribution in [2.75, 3.05) is 18.5 Å². The maximum atomic E-state index is 12.2. The fourth-order valence-electron chi connectivity index (χ4n) is 3.41. The number of anilines is 1. The summed E-state index contributed by atoms with van der Waals surface area (Å²) in [6.45, 7) is 3.67. The van der Waals surface area contributed by atoms with Crippen molar-refractivity contribution >= 4 is 17.6 Å². The van der Waals surface area contributed by atoms with Crippen molar-refractivity contribution in [2.24, 2.45) is 0 Å². The highest BCUT2D eigenvalue weighted by molar-refractivity contribution is 5.93. The standard InChI is InChI=1S/C23H27NO4/c1-3-16(2)20-9-4-5-10-21(20)24-22(25)14-28-23(26)15-27-19-12-11-17-7-6-8-18(17)13-19/h4-5,9-13,16H,3,6-8,14-15H2,1-2H3,(H,24,25)/t16-/m0/s1. The molecule has 0 unspecified atom stereocenters. The van der Waals surface area contributed by atoms with Crippen molar-refractivity contribution in [3.63, 3.8) is 0 Å². The molecular weight excluding hydrogens is 354 g/mol. The SMILES string of the molecule is CC[C@H](C)c1ccccc1NC(=O)COC(=O)COc1ccc2c(c1)CCC2. The van der Waals surface area contributed by atoms with Crippen LogP contribution in [0.4, 0.5) is 5.69 Å². The van der Waals surface area contributed by atoms with Crippen molar-refractivity contribution in [2.45, 2.75) is 45.4 Å². The number of carbonyl (C=O) groups excluding carboxylic acids is 2. The minimum absolute atomic E-state index is 0.213. The van der Waals surface area contributed by atoms with Crippen LogP contribution in [0, 0.1) is 0 Å². The molecule has 28 heavy (non-hydrogen) atoms. The molecule has 1 aliphatic carbocycles. The summed E-state index contributed by atoms with van der Waals surface area (Å²) in [6.07, 6.45) is 4.29. The molecule has 0 spiro atoms. The summed E-state index contributed by atoms with van der Waals surface area (Å²) in [5, 5.41) is 2.83. The van der Waals surface area contributed by atoms with E-state index in [1.54, 1.807) is 0 Å². The Morgan fingerprint density at radius 3 is 2.68 bits per heavy atom. The van der Waals surface area contributed by atoms with Gasteiger partial charge in [0.2, 0.25) is 0 Å². The lowest BCUT2D eigenvalue weighted by molar-refractivity contribution is -0.149. The Bertz CT molecular complexity index is 846. The number of hydrogen-bond donors (Lipinski definition) is 1. The number of carbonyl (C=O) groups is 2. The first-order valence-electron chi connectivity index (χ1n) is 9.85. The molecule has 148 valence electrons. The molecule has 0 radical (unpaired) electrons. The number of aryl methyl sites for hydroxylation is 2. The summed E-state index contributed by atoms with van der Waals surface area (Å²) < 4.78 is 10.5. The van der Waals surface area contributed by atoms with E-state index in [0.717, 1.165) is 36.9 Å². The summed E-state index contributed by atoms with van der Waals surface area (Å²) in [5.74, 6) is 0.0665. The Kier molecular flexibility index (Phi) is 6.69. The molecule has 0 saturated carbocycles. The van der Waals surface area contributed by atoms with E-state index < -0.39 is 5.97 Å². The Morgan fingerprint density at radius 2 is 1.86 bits per heavy atom. The van der Waals surface area contributed by atoms with E-state index in [-0.39, 0.29) is 19.1 Å². The van der Waals surface area contributed by atoms with E-state index >= 15 is 0 Å². The highest BCUT2D eigenvalue weighted by Gasteiger charge is 2.14. The molecule has 0 bridgehead atoms. The number of para-hydroxylation sites is 1. The third-order valence-corrected chi connectivity index (χ3v) is 5.17. The molecule has 5 nitrogen and oxygen atoms in total. The molecule has 1 amide bonds. The zero-order chi connectivity index (χ0) is 19.9. The normalized spacial score (nSPS) is 13.5. The van der Waals surface area contributed by atoms with Gasteiger partial charge in [-0.3, -0.25) is 4.79 Å². The zero-order valence-electron chi connectivity index (χ0n) is 16.5. The molecule has 0 fully saturated rings. The quantitative estimate of drug-likeness (QED) is 0.694. The number of nitrogens with one attached hydrogen (secondary N) is 1. The largest absolute Gasteiger partial charge is 0.482 e. The van der Waals surface area contributed by atoms with Crippen LogP contribution in [0.1, 0.15) is 49.3 Å². The van der Waals surface area contributed by atoms with E-state index in [9.17, 15) is 9.59 Å². The van der Waals surface area contributed by atoms with Crippen LogP contribution in [0.25, 0.3) is 0 Å². The van der Waals surface area contributed by atoms with Crippen molar-refractivity contribution < 1.29 is 19.1 Å². The smallest absolute Gasteiger partial charge is 0.344 e. The van der Waals surface area contributed by atoms with Crippen molar-refractivity contribution in [3.8, 4) is 5.75 Å². The lowest BCUT2D eigenvalue weighted by Crippen LogP contribution is -2.24. The average molecular weight is 381 g/mol. The second-order valence-corrected chi connectivity index (χ2v) is 7.18. The molecule has 5 heteroatoms. The zero-order valence-corrected chi connectivity index (χ0v) is 16.5. The van der Waals surface area contributed by atoms with Crippen molar-refractivity contribution in [1.82, 2.24) is 0 Å². The highest BCUT2D eigenvalue weighted by Crippen LogP contribution is 2.27. The highest BCUT2D eigenvalue weighted by atomic mass is 16.6. The van der Waals surface area contributed by atoms with Crippen molar-refractivity contribution in [3.05, 3.63) is 59.2 Å². The van der Waals surface area contributed by atoms with Crippen molar-refractivity contribution in [1.29, 1.82) is 0 Å². The van der Waals surface area contributed by atoms with Crippen LogP contribution in [0.5, 0.6) is 5.75 Å². The predicted octanol–water partition coefficient (Wildman–Crippen LogP) is 4.25. The number of amides is 1. The topological polar surface area (TPSA) is 64.6 Å². The Hall–Kier alpha value is -2.82. The number of benzene rings is 2. The molecular formula is C23H27NO4. The Morgan fingerprint density at radius 1 is 1.07 bits per heavy atom. The van der Waals surface area contributed by atoms with Crippen LogP contribution >= 0.6 is 0 Å². The van der Waals surface area contributed by atoms with Gasteiger partial charge in [0.1, 0.15) is 5.75 Å². The maximum Gasteiger partial charge on any atom is 0.344 e. The van der Waals surface area contributed by atoms with Gasteiger partial charge in [0, 0.05) is 5.69 Å². The fourth-order valence-corrected chi connectivity index (χ4v) is 3.41. The first-order valence-corrected chi connectivity index (χ1v) is 9.85. The molecule has 1 N–H and O–H groups in total. The summed E-state index contributed by atoms with van der Waals surface area (Å²) >= 11 is 0. The summed E-state index contributed by atoms with van der Waals surface area (Å²) in [7, 11) is 0. The van der Waals surface area contributed by atoms with Crippen LogP contribution in [0.2, 0.25) is 0 Å². The first kappa shape index (κ1) is 19.9. The number of ether oxygens (including phenoxy) is 2. The second kappa shape index (κ2) is 9.40. The third-order valence-electron chi connectivity index (χ3n) is 5.17. The number of esters is 1. The first-order chi connectivity index (χ1) is 13.6. The summed E-state index contributed by atoms with van der Waals surface area (Å²) in [5.41, 5.74) is 4.46. The van der Waals surface area contributed by atoms with Crippen LogP contribution in [-0.4, -0.2) is 25.1 Å². The Balaban J connectivity index is 1.45. The van der Waals surface area contributed by atoms with Gasteiger partial charge in [-0.1, -0.05) is 38.1 Å². The molecule has 1 aliphatic rings. The predicted molar refractivity (Wildman–Crippen MR) is 109 cm³/mol. The lowest BCUT2D eigenvalue weighted by atomic mass is 9.97. The molecule has 0 aliphatic heterocycles. The minimum atomic E-state index is -0.564. The average Bonchev–Trinajstić information content (AvgIpc) is 3.18.